The van der Waals surface area contributed by atoms with Gasteiger partial charge in [0.25, 0.3) is 0 Å². The lowest BCUT2D eigenvalue weighted by Gasteiger charge is -2.11. The fourth-order valence-corrected chi connectivity index (χ4v) is 1.71. The molecule has 0 aromatic heterocycles. The van der Waals surface area contributed by atoms with E-state index in [0.717, 1.165) is 32.1 Å². The Morgan fingerprint density at radius 1 is 1.00 bits per heavy atom. The van der Waals surface area contributed by atoms with E-state index in [1.54, 1.807) is 0 Å². The van der Waals surface area contributed by atoms with Crippen LogP contribution in [-0.2, 0) is 9.53 Å². The quantitative estimate of drug-likeness (QED) is 0.342. The Balaban J connectivity index is 3.37. The molecule has 1 unspecified atom stereocenters. The number of aliphatic hydroxyl groups excluding tert-OH is 1. The molecule has 3 heteroatoms. The lowest BCUT2D eigenvalue weighted by Crippen LogP contribution is -2.17. The third-order valence-electron chi connectivity index (χ3n) is 2.81. The van der Waals surface area contributed by atoms with Crippen molar-refractivity contribution < 1.29 is 14.6 Å². The lowest BCUT2D eigenvalue weighted by molar-refractivity contribution is -0.168. The number of esters is 1. The summed E-state index contributed by atoms with van der Waals surface area (Å²) < 4.78 is 4.92. The fraction of sp³-hybridized carbons (Fsp3) is 0.929. The first kappa shape index (κ1) is 16.4. The van der Waals surface area contributed by atoms with Crippen molar-refractivity contribution in [1.29, 1.82) is 0 Å². The molecule has 102 valence electrons. The van der Waals surface area contributed by atoms with Gasteiger partial charge in [-0.3, -0.25) is 4.79 Å². The van der Waals surface area contributed by atoms with Crippen LogP contribution in [0.15, 0.2) is 0 Å². The van der Waals surface area contributed by atoms with Gasteiger partial charge >= 0.3 is 5.97 Å². The molecule has 0 aromatic rings. The van der Waals surface area contributed by atoms with Gasteiger partial charge in [0, 0.05) is 12.8 Å². The Bertz CT molecular complexity index is 180. The van der Waals surface area contributed by atoms with Gasteiger partial charge in [0.05, 0.1) is 0 Å². The van der Waals surface area contributed by atoms with E-state index in [4.69, 9.17) is 4.74 Å². The summed E-state index contributed by atoms with van der Waals surface area (Å²) in [7, 11) is 0. The minimum absolute atomic E-state index is 0.259. The van der Waals surface area contributed by atoms with Gasteiger partial charge < -0.3 is 9.84 Å². The normalized spacial score (nSPS) is 12.4. The highest BCUT2D eigenvalue weighted by Gasteiger charge is 2.09. The Morgan fingerprint density at radius 3 is 2.24 bits per heavy atom. The second kappa shape index (κ2) is 11.9. The summed E-state index contributed by atoms with van der Waals surface area (Å²) in [4.78, 5) is 11.3. The predicted octanol–water partition coefficient (Wildman–Crippen LogP) is 3.79. The van der Waals surface area contributed by atoms with Gasteiger partial charge in [-0.15, -0.1) is 0 Å². The predicted molar refractivity (Wildman–Crippen MR) is 69.6 cm³/mol. The molecule has 17 heavy (non-hydrogen) atoms. The topological polar surface area (TPSA) is 46.5 Å². The number of ether oxygens (including phenoxy) is 1. The van der Waals surface area contributed by atoms with Gasteiger partial charge in [-0.1, -0.05) is 52.4 Å². The van der Waals surface area contributed by atoms with Crippen LogP contribution < -0.4 is 0 Å². The zero-order valence-electron chi connectivity index (χ0n) is 11.4. The van der Waals surface area contributed by atoms with Crippen LogP contribution in [0.3, 0.4) is 0 Å². The Hall–Kier alpha value is -0.570. The van der Waals surface area contributed by atoms with E-state index in [2.05, 4.69) is 13.8 Å². The van der Waals surface area contributed by atoms with Crippen molar-refractivity contribution in [3.8, 4) is 0 Å². The van der Waals surface area contributed by atoms with Crippen LogP contribution in [0, 0.1) is 0 Å². The molecule has 0 radical (unpaired) electrons. The van der Waals surface area contributed by atoms with E-state index in [-0.39, 0.29) is 5.97 Å². The molecule has 0 rings (SSSR count). The largest absolute Gasteiger partial charge is 0.436 e. The van der Waals surface area contributed by atoms with Gasteiger partial charge in [0.15, 0.2) is 0 Å². The zero-order valence-corrected chi connectivity index (χ0v) is 11.4. The number of unbranched alkanes of at least 4 members (excludes halogenated alkanes) is 6. The number of aliphatic hydroxyl groups is 1. The monoisotopic (exact) mass is 244 g/mol. The maximum absolute atomic E-state index is 11.3. The molecular weight excluding hydrogens is 216 g/mol. The SMILES string of the molecule is CCCCCCCC(=O)OC(O)CCCCC. The summed E-state index contributed by atoms with van der Waals surface area (Å²) in [6.07, 6.45) is 8.78. The second-order valence-electron chi connectivity index (χ2n) is 4.60. The van der Waals surface area contributed by atoms with Crippen molar-refractivity contribution >= 4 is 5.97 Å². The highest BCUT2D eigenvalue weighted by molar-refractivity contribution is 5.69. The van der Waals surface area contributed by atoms with E-state index in [9.17, 15) is 9.90 Å². The Labute approximate surface area is 106 Å². The van der Waals surface area contributed by atoms with Crippen molar-refractivity contribution in [2.24, 2.45) is 0 Å². The van der Waals surface area contributed by atoms with Crippen molar-refractivity contribution in [2.75, 3.05) is 0 Å². The van der Waals surface area contributed by atoms with Crippen LogP contribution in [0.25, 0.3) is 0 Å². The maximum atomic E-state index is 11.3. The summed E-state index contributed by atoms with van der Waals surface area (Å²) in [6.45, 7) is 4.27. The first-order valence-corrected chi connectivity index (χ1v) is 7.08. The lowest BCUT2D eigenvalue weighted by atomic mass is 10.1. The minimum Gasteiger partial charge on any atom is -0.436 e. The highest BCUT2D eigenvalue weighted by Crippen LogP contribution is 2.08. The van der Waals surface area contributed by atoms with E-state index >= 15 is 0 Å². The van der Waals surface area contributed by atoms with E-state index in [0.29, 0.717) is 12.8 Å². The molecule has 3 nitrogen and oxygen atoms in total. The van der Waals surface area contributed by atoms with Gasteiger partial charge in [-0.2, -0.15) is 0 Å². The molecule has 0 bridgehead atoms. The third kappa shape index (κ3) is 11.7. The summed E-state index contributed by atoms with van der Waals surface area (Å²) in [5, 5.41) is 9.44. The number of hydrogen-bond donors (Lipinski definition) is 1. The molecule has 0 aromatic carbocycles. The van der Waals surface area contributed by atoms with Crippen LogP contribution in [-0.4, -0.2) is 17.4 Å². The summed E-state index contributed by atoms with van der Waals surface area (Å²) in [6, 6.07) is 0. The number of rotatable bonds is 11. The van der Waals surface area contributed by atoms with Crippen LogP contribution >= 0.6 is 0 Å². The molecule has 0 spiro atoms. The number of hydrogen-bond acceptors (Lipinski definition) is 3. The average Bonchev–Trinajstić information content (AvgIpc) is 2.29. The Morgan fingerprint density at radius 2 is 1.59 bits per heavy atom. The molecule has 0 saturated carbocycles. The van der Waals surface area contributed by atoms with E-state index in [1.807, 2.05) is 0 Å². The first-order valence-electron chi connectivity index (χ1n) is 7.08. The molecule has 0 fully saturated rings. The summed E-state index contributed by atoms with van der Waals surface area (Å²) >= 11 is 0. The van der Waals surface area contributed by atoms with Crippen molar-refractivity contribution in [1.82, 2.24) is 0 Å². The second-order valence-corrected chi connectivity index (χ2v) is 4.60. The van der Waals surface area contributed by atoms with Gasteiger partial charge in [-0.05, 0) is 12.8 Å². The summed E-state index contributed by atoms with van der Waals surface area (Å²) in [5.74, 6) is -0.259. The zero-order chi connectivity index (χ0) is 12.9. The molecule has 0 aliphatic heterocycles. The number of carbonyl (C=O) groups is 1. The molecule has 0 amide bonds. The molecule has 1 N–H and O–H groups in total. The van der Waals surface area contributed by atoms with Crippen molar-refractivity contribution in [2.45, 2.75) is 84.3 Å². The first-order chi connectivity index (χ1) is 8.20. The van der Waals surface area contributed by atoms with Crippen molar-refractivity contribution in [3.05, 3.63) is 0 Å². The molecule has 1 atom stereocenters. The van der Waals surface area contributed by atoms with E-state index < -0.39 is 6.29 Å². The van der Waals surface area contributed by atoms with Crippen molar-refractivity contribution in [3.63, 3.8) is 0 Å². The van der Waals surface area contributed by atoms with Gasteiger partial charge in [0.1, 0.15) is 0 Å². The van der Waals surface area contributed by atoms with Crippen LogP contribution in [0.2, 0.25) is 0 Å². The number of carbonyl (C=O) groups excluding carboxylic acids is 1. The molecule has 0 saturated heterocycles. The van der Waals surface area contributed by atoms with Crippen LogP contribution in [0.5, 0.6) is 0 Å². The van der Waals surface area contributed by atoms with Crippen LogP contribution in [0.1, 0.15) is 78.1 Å². The summed E-state index contributed by atoms with van der Waals surface area (Å²) in [5.41, 5.74) is 0. The molecule has 0 aliphatic carbocycles. The Kier molecular flexibility index (Phi) is 11.5. The highest BCUT2D eigenvalue weighted by atomic mass is 16.6. The van der Waals surface area contributed by atoms with Gasteiger partial charge in [0.2, 0.25) is 6.29 Å². The maximum Gasteiger partial charge on any atom is 0.308 e. The smallest absolute Gasteiger partial charge is 0.308 e. The molecule has 0 heterocycles. The fourth-order valence-electron chi connectivity index (χ4n) is 1.71. The minimum atomic E-state index is -0.898. The standard InChI is InChI=1S/C14H28O3/c1-3-5-7-8-10-12-14(16)17-13(15)11-9-6-4-2/h13,15H,3-12H2,1-2H3. The van der Waals surface area contributed by atoms with Gasteiger partial charge in [-0.25, -0.2) is 0 Å². The molecule has 0 aliphatic rings. The van der Waals surface area contributed by atoms with E-state index in [1.165, 1.54) is 19.3 Å². The van der Waals surface area contributed by atoms with Crippen LogP contribution in [0.4, 0.5) is 0 Å². The average molecular weight is 244 g/mol. The molecular formula is C14H28O3. The third-order valence-corrected chi connectivity index (χ3v) is 2.81.